The van der Waals surface area contributed by atoms with Crippen molar-refractivity contribution in [2.75, 3.05) is 11.9 Å². The third-order valence-corrected chi connectivity index (χ3v) is 7.65. The number of ether oxygens (including phenoxy) is 1. The van der Waals surface area contributed by atoms with Gasteiger partial charge in [0.05, 0.1) is 22.2 Å². The fourth-order valence-electron chi connectivity index (χ4n) is 3.66. The van der Waals surface area contributed by atoms with Gasteiger partial charge >= 0.3 is 5.97 Å². The summed E-state index contributed by atoms with van der Waals surface area (Å²) in [5.74, 6) is 0.644. The molecule has 0 saturated carbocycles. The first-order valence-corrected chi connectivity index (χ1v) is 12.7. The van der Waals surface area contributed by atoms with Crippen molar-refractivity contribution in [3.8, 4) is 10.6 Å². The predicted octanol–water partition coefficient (Wildman–Crippen LogP) is 7.14. The van der Waals surface area contributed by atoms with E-state index in [2.05, 4.69) is 52.5 Å². The molecule has 0 unspecified atom stereocenters. The molecule has 0 amide bonds. The van der Waals surface area contributed by atoms with Crippen LogP contribution in [0.15, 0.2) is 48.8 Å². The van der Waals surface area contributed by atoms with Gasteiger partial charge in [-0.15, -0.1) is 22.7 Å². The number of benzene rings is 2. The first-order valence-electron chi connectivity index (χ1n) is 11.0. The number of fused-ring (bicyclic) bond motifs is 2. The van der Waals surface area contributed by atoms with Crippen LogP contribution in [0.25, 0.3) is 31.0 Å². The van der Waals surface area contributed by atoms with Crippen molar-refractivity contribution in [3.63, 3.8) is 0 Å². The van der Waals surface area contributed by atoms with E-state index in [0.29, 0.717) is 17.3 Å². The average Bonchev–Trinajstić information content (AvgIpc) is 3.39. The minimum Gasteiger partial charge on any atom is -0.461 e. The van der Waals surface area contributed by atoms with E-state index < -0.39 is 0 Å². The second-order valence-corrected chi connectivity index (χ2v) is 10.7. The molecule has 1 N–H and O–H groups in total. The third-order valence-electron chi connectivity index (χ3n) is 5.40. The third kappa shape index (κ3) is 4.38. The quantitative estimate of drug-likeness (QED) is 0.256. The summed E-state index contributed by atoms with van der Waals surface area (Å²) in [5, 5.41) is 5.23. The number of nitrogens with zero attached hydrogens (tertiary/aromatic N) is 3. The molecule has 5 rings (SSSR count). The molecule has 8 heteroatoms. The Balaban J connectivity index is 1.41. The molecule has 0 aliphatic heterocycles. The van der Waals surface area contributed by atoms with E-state index in [0.717, 1.165) is 37.6 Å². The first-order chi connectivity index (χ1) is 16.4. The monoisotopic (exact) mass is 488 g/mol. The zero-order valence-electron chi connectivity index (χ0n) is 19.4. The van der Waals surface area contributed by atoms with E-state index >= 15 is 0 Å². The van der Waals surface area contributed by atoms with Gasteiger partial charge in [-0.05, 0) is 67.3 Å². The molecule has 0 aliphatic carbocycles. The van der Waals surface area contributed by atoms with Crippen molar-refractivity contribution in [1.82, 2.24) is 15.0 Å². The number of thiazole rings is 1. The maximum Gasteiger partial charge on any atom is 0.348 e. The number of aryl methyl sites for hydroxylation is 2. The topological polar surface area (TPSA) is 77.0 Å². The fraction of sp³-hybridized carbons (Fsp3) is 0.231. The van der Waals surface area contributed by atoms with Crippen molar-refractivity contribution in [2.45, 2.75) is 27.7 Å². The Morgan fingerprint density at radius 2 is 1.85 bits per heavy atom. The predicted molar refractivity (Wildman–Crippen MR) is 140 cm³/mol. The van der Waals surface area contributed by atoms with E-state index in [1.165, 1.54) is 27.9 Å². The van der Waals surface area contributed by atoms with Crippen molar-refractivity contribution in [1.29, 1.82) is 0 Å². The van der Waals surface area contributed by atoms with Crippen LogP contribution in [0.2, 0.25) is 0 Å². The van der Waals surface area contributed by atoms with Crippen LogP contribution in [-0.2, 0) is 4.74 Å². The van der Waals surface area contributed by atoms with Gasteiger partial charge in [0.15, 0.2) is 0 Å². The van der Waals surface area contributed by atoms with Crippen LogP contribution in [0, 0.1) is 19.8 Å². The molecule has 0 saturated heterocycles. The lowest BCUT2D eigenvalue weighted by Gasteiger charge is -2.08. The van der Waals surface area contributed by atoms with Crippen LogP contribution in [0.1, 0.15) is 34.6 Å². The van der Waals surface area contributed by atoms with Gasteiger partial charge in [-0.1, -0.05) is 19.9 Å². The molecule has 3 aromatic heterocycles. The minimum atomic E-state index is -0.310. The number of nitrogens with one attached hydrogen (secondary N) is 1. The molecular formula is C26H24N4O2S2. The Morgan fingerprint density at radius 1 is 1.06 bits per heavy atom. The van der Waals surface area contributed by atoms with E-state index in [1.54, 1.807) is 11.3 Å². The van der Waals surface area contributed by atoms with Gasteiger partial charge < -0.3 is 10.1 Å². The highest BCUT2D eigenvalue weighted by atomic mass is 32.1. The Hall–Kier alpha value is -3.36. The molecule has 5 aromatic rings. The molecule has 0 atom stereocenters. The van der Waals surface area contributed by atoms with Gasteiger partial charge in [-0.2, -0.15) is 0 Å². The maximum atomic E-state index is 12.6. The van der Waals surface area contributed by atoms with E-state index in [-0.39, 0.29) is 11.9 Å². The average molecular weight is 489 g/mol. The number of hydrogen-bond acceptors (Lipinski definition) is 8. The lowest BCUT2D eigenvalue weighted by molar-refractivity contribution is 0.0464. The summed E-state index contributed by atoms with van der Waals surface area (Å²) in [6.45, 7) is 8.43. The lowest BCUT2D eigenvalue weighted by Crippen LogP contribution is -2.09. The van der Waals surface area contributed by atoms with Gasteiger partial charge in [0.2, 0.25) is 0 Å². The highest BCUT2D eigenvalue weighted by Crippen LogP contribution is 2.36. The lowest BCUT2D eigenvalue weighted by atomic mass is 10.2. The Kier molecular flexibility index (Phi) is 6.02. The number of rotatable bonds is 6. The molecular weight excluding hydrogens is 464 g/mol. The number of aromatic nitrogens is 3. The SMILES string of the molecule is Cc1ccc2nc(-c3ccc(Nc4ncnc5sc(C(=O)OCC(C)C)c(C)c45)cc3)sc2c1. The number of thiophene rings is 1. The minimum absolute atomic E-state index is 0.283. The first kappa shape index (κ1) is 22.4. The van der Waals surface area contributed by atoms with Crippen LogP contribution < -0.4 is 5.32 Å². The van der Waals surface area contributed by atoms with E-state index in [4.69, 9.17) is 9.72 Å². The van der Waals surface area contributed by atoms with Crippen molar-refractivity contribution >= 4 is 60.6 Å². The largest absolute Gasteiger partial charge is 0.461 e. The summed E-state index contributed by atoms with van der Waals surface area (Å²) in [6.07, 6.45) is 1.52. The van der Waals surface area contributed by atoms with Gasteiger partial charge in [0.1, 0.15) is 26.9 Å². The number of carbonyl (C=O) groups is 1. The van der Waals surface area contributed by atoms with Crippen LogP contribution in [0.5, 0.6) is 0 Å². The summed E-state index contributed by atoms with van der Waals surface area (Å²) in [7, 11) is 0. The molecule has 3 heterocycles. The summed E-state index contributed by atoms with van der Waals surface area (Å²) >= 11 is 3.03. The second kappa shape index (κ2) is 9.12. The molecule has 34 heavy (non-hydrogen) atoms. The second-order valence-electron chi connectivity index (χ2n) is 8.64. The van der Waals surface area contributed by atoms with Crippen LogP contribution >= 0.6 is 22.7 Å². The number of esters is 1. The molecule has 2 aromatic carbocycles. The molecule has 0 radical (unpaired) electrons. The molecule has 0 bridgehead atoms. The Morgan fingerprint density at radius 3 is 2.62 bits per heavy atom. The standard InChI is InChI=1S/C26H24N4O2S2/c1-14(2)12-32-26(31)22-16(4)21-23(27-13-28-25(21)34-22)29-18-8-6-17(7-9-18)24-30-19-10-5-15(3)11-20(19)33-24/h5-11,13-14H,12H2,1-4H3,(H,27,28,29). The number of hydrogen-bond donors (Lipinski definition) is 1. The van der Waals surface area contributed by atoms with Gasteiger partial charge in [0, 0.05) is 11.3 Å². The summed E-state index contributed by atoms with van der Waals surface area (Å²) in [5.41, 5.74) is 5.05. The smallest absolute Gasteiger partial charge is 0.348 e. The molecule has 0 spiro atoms. The maximum absolute atomic E-state index is 12.6. The van der Waals surface area contributed by atoms with Crippen LogP contribution in [-0.4, -0.2) is 27.5 Å². The Bertz CT molecular complexity index is 1500. The number of carbonyl (C=O) groups excluding carboxylic acids is 1. The van der Waals surface area contributed by atoms with Gasteiger partial charge in [-0.25, -0.2) is 19.7 Å². The Labute approximate surface area is 205 Å². The highest BCUT2D eigenvalue weighted by Gasteiger charge is 2.21. The molecule has 6 nitrogen and oxygen atoms in total. The zero-order chi connectivity index (χ0) is 23.8. The summed E-state index contributed by atoms with van der Waals surface area (Å²) in [4.78, 5) is 27.5. The normalized spacial score (nSPS) is 11.4. The zero-order valence-corrected chi connectivity index (χ0v) is 21.0. The fourth-order valence-corrected chi connectivity index (χ4v) is 5.77. The van der Waals surface area contributed by atoms with Crippen LogP contribution in [0.4, 0.5) is 11.5 Å². The van der Waals surface area contributed by atoms with Gasteiger partial charge in [0.25, 0.3) is 0 Å². The van der Waals surface area contributed by atoms with Crippen LogP contribution in [0.3, 0.4) is 0 Å². The summed E-state index contributed by atoms with van der Waals surface area (Å²) in [6, 6.07) is 14.5. The van der Waals surface area contributed by atoms with Crippen molar-refractivity contribution in [2.24, 2.45) is 5.92 Å². The molecule has 172 valence electrons. The highest BCUT2D eigenvalue weighted by molar-refractivity contribution is 7.21. The number of anilines is 2. The molecule has 0 aliphatic rings. The van der Waals surface area contributed by atoms with Crippen molar-refractivity contribution in [3.05, 3.63) is 64.8 Å². The van der Waals surface area contributed by atoms with E-state index in [9.17, 15) is 4.79 Å². The van der Waals surface area contributed by atoms with Gasteiger partial charge in [-0.3, -0.25) is 0 Å². The summed E-state index contributed by atoms with van der Waals surface area (Å²) < 4.78 is 6.63. The van der Waals surface area contributed by atoms with Crippen molar-refractivity contribution < 1.29 is 9.53 Å². The molecule has 0 fully saturated rings. The van der Waals surface area contributed by atoms with E-state index in [1.807, 2.05) is 32.9 Å².